The summed E-state index contributed by atoms with van der Waals surface area (Å²) in [6.45, 7) is 1.43. The molecule has 2 aliphatic rings. The number of nitrogens with zero attached hydrogens (tertiary/aromatic N) is 1. The van der Waals surface area contributed by atoms with Gasteiger partial charge in [0.05, 0.1) is 24.5 Å². The van der Waals surface area contributed by atoms with Gasteiger partial charge in [0.15, 0.2) is 9.84 Å². The third-order valence-electron chi connectivity index (χ3n) is 5.13. The van der Waals surface area contributed by atoms with Crippen molar-refractivity contribution in [2.45, 2.75) is 31.7 Å². The molecule has 0 aliphatic carbocycles. The Morgan fingerprint density at radius 2 is 1.81 bits per heavy atom. The van der Waals surface area contributed by atoms with Gasteiger partial charge in [-0.2, -0.15) is 0 Å². The molecule has 1 atom stereocenters. The quantitative estimate of drug-likeness (QED) is 0.777. The summed E-state index contributed by atoms with van der Waals surface area (Å²) in [6.07, 6.45) is 2.02. The molecule has 0 radical (unpaired) electrons. The number of amides is 2. The predicted molar refractivity (Wildman–Crippen MR) is 101 cm³/mol. The van der Waals surface area contributed by atoms with Crippen LogP contribution >= 0.6 is 0 Å². The number of rotatable bonds is 6. The highest BCUT2D eigenvalue weighted by atomic mass is 32.2. The van der Waals surface area contributed by atoms with Crippen molar-refractivity contribution in [2.75, 3.05) is 31.2 Å². The Hall–Kier alpha value is -2.09. The monoisotopic (exact) mass is 394 g/mol. The van der Waals surface area contributed by atoms with E-state index in [0.29, 0.717) is 45.4 Å². The first-order valence-electron chi connectivity index (χ1n) is 9.39. The van der Waals surface area contributed by atoms with Gasteiger partial charge in [0, 0.05) is 25.0 Å². The molecule has 1 aromatic carbocycles. The minimum absolute atomic E-state index is 0.0340. The first kappa shape index (κ1) is 19.7. The van der Waals surface area contributed by atoms with Crippen molar-refractivity contribution in [3.8, 4) is 5.75 Å². The van der Waals surface area contributed by atoms with Crippen molar-refractivity contribution in [1.29, 1.82) is 0 Å². The molecule has 2 amide bonds. The van der Waals surface area contributed by atoms with E-state index in [1.165, 1.54) is 0 Å². The van der Waals surface area contributed by atoms with E-state index in [2.05, 4.69) is 5.32 Å². The number of para-hydroxylation sites is 1. The Labute approximate surface area is 160 Å². The molecule has 148 valence electrons. The number of carbonyl (C=O) groups excluding carboxylic acids is 2. The van der Waals surface area contributed by atoms with E-state index in [9.17, 15) is 18.0 Å². The Morgan fingerprint density at radius 3 is 2.44 bits per heavy atom. The van der Waals surface area contributed by atoms with E-state index < -0.39 is 9.84 Å². The molecule has 0 aromatic heterocycles. The van der Waals surface area contributed by atoms with Crippen molar-refractivity contribution < 1.29 is 22.7 Å². The standard InChI is InChI=1S/C19H26N2O5S/c22-18(8-12-26-17-4-2-1-3-5-17)21-10-6-15(7-11-21)19(23)20-16-9-13-27(24,25)14-16/h1-5,15-16H,6-14H2,(H,20,23). The fraction of sp³-hybridized carbons (Fsp3) is 0.579. The lowest BCUT2D eigenvalue weighted by atomic mass is 9.95. The number of nitrogens with one attached hydrogen (secondary N) is 1. The van der Waals surface area contributed by atoms with Gasteiger partial charge in [-0.3, -0.25) is 9.59 Å². The van der Waals surface area contributed by atoms with Crippen molar-refractivity contribution in [3.63, 3.8) is 0 Å². The van der Waals surface area contributed by atoms with Crippen LogP contribution in [-0.2, 0) is 19.4 Å². The number of benzene rings is 1. The molecule has 8 heteroatoms. The first-order chi connectivity index (χ1) is 12.9. The van der Waals surface area contributed by atoms with Gasteiger partial charge in [-0.25, -0.2) is 8.42 Å². The fourth-order valence-electron chi connectivity index (χ4n) is 3.55. The molecule has 2 fully saturated rings. The number of hydrogen-bond donors (Lipinski definition) is 1. The molecule has 27 heavy (non-hydrogen) atoms. The van der Waals surface area contributed by atoms with Crippen LogP contribution in [0, 0.1) is 5.92 Å². The van der Waals surface area contributed by atoms with Crippen LogP contribution < -0.4 is 10.1 Å². The van der Waals surface area contributed by atoms with E-state index in [4.69, 9.17) is 4.74 Å². The minimum atomic E-state index is -3.00. The van der Waals surface area contributed by atoms with Crippen LogP contribution in [0.1, 0.15) is 25.7 Å². The Morgan fingerprint density at radius 1 is 1.11 bits per heavy atom. The fourth-order valence-corrected chi connectivity index (χ4v) is 5.22. The van der Waals surface area contributed by atoms with Gasteiger partial charge in [0.1, 0.15) is 5.75 Å². The Balaban J connectivity index is 1.36. The van der Waals surface area contributed by atoms with E-state index in [0.717, 1.165) is 5.75 Å². The number of carbonyl (C=O) groups is 2. The average Bonchev–Trinajstić information content (AvgIpc) is 3.01. The molecule has 3 rings (SSSR count). The maximum Gasteiger partial charge on any atom is 0.225 e. The van der Waals surface area contributed by atoms with Crippen molar-refractivity contribution >= 4 is 21.7 Å². The highest BCUT2D eigenvalue weighted by Crippen LogP contribution is 2.20. The Bertz CT molecular complexity index is 758. The lowest BCUT2D eigenvalue weighted by molar-refractivity contribution is -0.136. The van der Waals surface area contributed by atoms with Gasteiger partial charge in [0.2, 0.25) is 11.8 Å². The second-order valence-corrected chi connectivity index (χ2v) is 9.40. The van der Waals surface area contributed by atoms with Crippen LogP contribution in [-0.4, -0.2) is 62.4 Å². The summed E-state index contributed by atoms with van der Waals surface area (Å²) in [5, 5.41) is 2.86. The van der Waals surface area contributed by atoms with E-state index in [1.54, 1.807) is 4.90 Å². The SMILES string of the molecule is O=C(NC1CCS(=O)(=O)C1)C1CCN(C(=O)CCOc2ccccc2)CC1. The summed E-state index contributed by atoms with van der Waals surface area (Å²) in [4.78, 5) is 26.4. The number of likely N-dealkylation sites (tertiary alicyclic amines) is 1. The summed E-state index contributed by atoms with van der Waals surface area (Å²) in [5.74, 6) is 0.726. The molecule has 0 spiro atoms. The molecule has 7 nitrogen and oxygen atoms in total. The van der Waals surface area contributed by atoms with Crippen molar-refractivity contribution in [2.24, 2.45) is 5.92 Å². The van der Waals surface area contributed by atoms with Crippen LogP contribution in [0.3, 0.4) is 0 Å². The molecule has 0 saturated carbocycles. The third kappa shape index (κ3) is 5.69. The molecule has 1 unspecified atom stereocenters. The van der Waals surface area contributed by atoms with Gasteiger partial charge in [0.25, 0.3) is 0 Å². The maximum atomic E-state index is 12.3. The molecule has 2 saturated heterocycles. The minimum Gasteiger partial charge on any atom is -0.493 e. The number of piperidine rings is 1. The first-order valence-corrected chi connectivity index (χ1v) is 11.2. The van der Waals surface area contributed by atoms with Gasteiger partial charge < -0.3 is 15.0 Å². The van der Waals surface area contributed by atoms with Crippen LogP contribution in [0.2, 0.25) is 0 Å². The van der Waals surface area contributed by atoms with Crippen LogP contribution in [0.15, 0.2) is 30.3 Å². The summed E-state index contributed by atoms with van der Waals surface area (Å²) < 4.78 is 28.5. The molecule has 1 aromatic rings. The normalized spacial score (nSPS) is 22.4. The zero-order valence-electron chi connectivity index (χ0n) is 15.3. The summed E-state index contributed by atoms with van der Waals surface area (Å²) in [5.41, 5.74) is 0. The topological polar surface area (TPSA) is 92.8 Å². The van der Waals surface area contributed by atoms with Gasteiger partial charge in [-0.1, -0.05) is 18.2 Å². The number of hydrogen-bond acceptors (Lipinski definition) is 5. The van der Waals surface area contributed by atoms with Crippen LogP contribution in [0.5, 0.6) is 5.75 Å². The lowest BCUT2D eigenvalue weighted by Crippen LogP contribution is -2.45. The molecule has 0 bridgehead atoms. The van der Waals surface area contributed by atoms with Crippen LogP contribution in [0.4, 0.5) is 0 Å². The third-order valence-corrected chi connectivity index (χ3v) is 6.89. The van der Waals surface area contributed by atoms with E-state index >= 15 is 0 Å². The highest BCUT2D eigenvalue weighted by molar-refractivity contribution is 7.91. The van der Waals surface area contributed by atoms with Gasteiger partial charge >= 0.3 is 0 Å². The predicted octanol–water partition coefficient (Wildman–Crippen LogP) is 0.997. The molecule has 2 heterocycles. The number of sulfone groups is 1. The van der Waals surface area contributed by atoms with Crippen molar-refractivity contribution in [1.82, 2.24) is 10.2 Å². The zero-order chi connectivity index (χ0) is 19.3. The average molecular weight is 394 g/mol. The van der Waals surface area contributed by atoms with Gasteiger partial charge in [-0.15, -0.1) is 0 Å². The largest absolute Gasteiger partial charge is 0.493 e. The highest BCUT2D eigenvalue weighted by Gasteiger charge is 2.32. The van der Waals surface area contributed by atoms with E-state index in [-0.39, 0.29) is 35.3 Å². The summed E-state index contributed by atoms with van der Waals surface area (Å²) >= 11 is 0. The van der Waals surface area contributed by atoms with E-state index in [1.807, 2.05) is 30.3 Å². The molecular weight excluding hydrogens is 368 g/mol. The van der Waals surface area contributed by atoms with Crippen molar-refractivity contribution in [3.05, 3.63) is 30.3 Å². The second kappa shape index (κ2) is 8.73. The number of ether oxygens (including phenoxy) is 1. The zero-order valence-corrected chi connectivity index (χ0v) is 16.1. The smallest absolute Gasteiger partial charge is 0.225 e. The molecule has 2 aliphatic heterocycles. The summed E-state index contributed by atoms with van der Waals surface area (Å²) in [6, 6.07) is 9.11. The lowest BCUT2D eigenvalue weighted by Gasteiger charge is -2.32. The molecule has 1 N–H and O–H groups in total. The second-order valence-electron chi connectivity index (χ2n) is 7.18. The maximum absolute atomic E-state index is 12.3. The Kier molecular flexibility index (Phi) is 6.36. The summed E-state index contributed by atoms with van der Waals surface area (Å²) in [7, 11) is -3.00. The van der Waals surface area contributed by atoms with Gasteiger partial charge in [-0.05, 0) is 31.4 Å². The molecular formula is C19H26N2O5S. The van der Waals surface area contributed by atoms with Crippen LogP contribution in [0.25, 0.3) is 0 Å².